The molecule has 4 heteroatoms. The molecule has 1 fully saturated rings. The molecule has 1 amide bonds. The van der Waals surface area contributed by atoms with Crippen LogP contribution in [0, 0.1) is 11.8 Å². The van der Waals surface area contributed by atoms with Gasteiger partial charge in [-0.3, -0.25) is 4.79 Å². The fourth-order valence-corrected chi connectivity index (χ4v) is 3.84. The molecule has 1 aromatic carbocycles. The third-order valence-electron chi connectivity index (χ3n) is 4.95. The van der Waals surface area contributed by atoms with Crippen LogP contribution in [0.25, 0.3) is 0 Å². The van der Waals surface area contributed by atoms with Crippen molar-refractivity contribution in [1.29, 1.82) is 0 Å². The Morgan fingerprint density at radius 2 is 2.24 bits per heavy atom. The zero-order chi connectivity index (χ0) is 14.8. The first-order valence-electron chi connectivity index (χ1n) is 7.93. The summed E-state index contributed by atoms with van der Waals surface area (Å²) < 4.78 is 5.49. The van der Waals surface area contributed by atoms with Gasteiger partial charge in [0.2, 0.25) is 5.91 Å². The molecule has 2 N–H and O–H groups in total. The number of carbonyl (C=O) groups excluding carboxylic acids is 1. The molecule has 1 saturated carbocycles. The highest BCUT2D eigenvalue weighted by molar-refractivity contribution is 5.98. The number of para-hydroxylation sites is 1. The van der Waals surface area contributed by atoms with Crippen molar-refractivity contribution in [3.8, 4) is 5.75 Å². The highest BCUT2D eigenvalue weighted by Crippen LogP contribution is 2.40. The van der Waals surface area contributed by atoms with E-state index in [1.54, 1.807) is 7.11 Å². The van der Waals surface area contributed by atoms with Crippen LogP contribution in [0.15, 0.2) is 18.2 Å². The maximum absolute atomic E-state index is 13.0. The average Bonchev–Trinajstić information content (AvgIpc) is 3.01. The van der Waals surface area contributed by atoms with Gasteiger partial charge in [0, 0.05) is 12.5 Å². The predicted octanol–water partition coefficient (Wildman–Crippen LogP) is 2.35. The number of methoxy groups -OCH3 is 1. The van der Waals surface area contributed by atoms with E-state index in [2.05, 4.69) is 6.07 Å². The molecule has 0 saturated heterocycles. The van der Waals surface area contributed by atoms with E-state index in [4.69, 9.17) is 10.5 Å². The third kappa shape index (κ3) is 2.53. The molecule has 0 spiro atoms. The zero-order valence-electron chi connectivity index (χ0n) is 12.7. The molecule has 21 heavy (non-hydrogen) atoms. The number of hydrogen-bond acceptors (Lipinski definition) is 3. The minimum absolute atomic E-state index is 0.0888. The van der Waals surface area contributed by atoms with Crippen LogP contribution in [0.1, 0.15) is 31.2 Å². The number of rotatable bonds is 3. The summed E-state index contributed by atoms with van der Waals surface area (Å²) in [6.07, 6.45) is 5.21. The van der Waals surface area contributed by atoms with Crippen molar-refractivity contribution in [2.24, 2.45) is 17.6 Å². The van der Waals surface area contributed by atoms with Crippen molar-refractivity contribution >= 4 is 11.6 Å². The van der Waals surface area contributed by atoms with E-state index in [1.807, 2.05) is 17.0 Å². The Morgan fingerprint density at radius 1 is 1.38 bits per heavy atom. The van der Waals surface area contributed by atoms with Gasteiger partial charge >= 0.3 is 0 Å². The van der Waals surface area contributed by atoms with Crippen LogP contribution in [-0.4, -0.2) is 26.1 Å². The van der Waals surface area contributed by atoms with Crippen LogP contribution in [0.4, 0.5) is 5.69 Å². The second kappa shape index (κ2) is 6.06. The highest BCUT2D eigenvalue weighted by atomic mass is 16.5. The fourth-order valence-electron chi connectivity index (χ4n) is 3.84. The van der Waals surface area contributed by atoms with Crippen LogP contribution in [0.5, 0.6) is 5.75 Å². The third-order valence-corrected chi connectivity index (χ3v) is 4.95. The number of amides is 1. The SMILES string of the molecule is COc1cccc2c1N(C(=O)C1CCCC1CN)CCC2. The lowest BCUT2D eigenvalue weighted by atomic mass is 9.92. The van der Waals surface area contributed by atoms with Gasteiger partial charge in [0.25, 0.3) is 0 Å². The van der Waals surface area contributed by atoms with Gasteiger partial charge < -0.3 is 15.4 Å². The van der Waals surface area contributed by atoms with E-state index >= 15 is 0 Å². The second-order valence-corrected chi connectivity index (χ2v) is 6.09. The lowest BCUT2D eigenvalue weighted by Crippen LogP contribution is -2.42. The van der Waals surface area contributed by atoms with Gasteiger partial charge in [-0.05, 0) is 49.8 Å². The predicted molar refractivity (Wildman–Crippen MR) is 83.6 cm³/mol. The number of carbonyl (C=O) groups is 1. The lowest BCUT2D eigenvalue weighted by Gasteiger charge is -2.33. The Balaban J connectivity index is 1.92. The molecule has 1 aliphatic carbocycles. The van der Waals surface area contributed by atoms with Crippen molar-refractivity contribution in [2.45, 2.75) is 32.1 Å². The van der Waals surface area contributed by atoms with Crippen LogP contribution < -0.4 is 15.4 Å². The van der Waals surface area contributed by atoms with Crippen molar-refractivity contribution in [2.75, 3.05) is 25.1 Å². The Labute approximate surface area is 126 Å². The first-order valence-corrected chi connectivity index (χ1v) is 7.93. The summed E-state index contributed by atoms with van der Waals surface area (Å²) in [6, 6.07) is 6.05. The Bertz CT molecular complexity index is 515. The Morgan fingerprint density at radius 3 is 3.00 bits per heavy atom. The summed E-state index contributed by atoms with van der Waals surface area (Å²) in [5, 5.41) is 0. The monoisotopic (exact) mass is 288 g/mol. The van der Waals surface area contributed by atoms with Crippen LogP contribution in [0.3, 0.4) is 0 Å². The van der Waals surface area contributed by atoms with E-state index in [9.17, 15) is 4.79 Å². The fraction of sp³-hybridized carbons (Fsp3) is 0.588. The molecule has 0 aromatic heterocycles. The molecular weight excluding hydrogens is 264 g/mol. The van der Waals surface area contributed by atoms with E-state index in [1.165, 1.54) is 5.56 Å². The standard InChI is InChI=1S/C17H24N2O2/c1-21-15-9-3-5-12-7-4-10-19(16(12)15)17(20)14-8-2-6-13(14)11-18/h3,5,9,13-14H,2,4,6-8,10-11,18H2,1H3. The van der Waals surface area contributed by atoms with Crippen molar-refractivity contribution < 1.29 is 9.53 Å². The number of aryl methyl sites for hydroxylation is 1. The molecule has 2 atom stereocenters. The Kier molecular flexibility index (Phi) is 4.15. The maximum Gasteiger partial charge on any atom is 0.230 e. The quantitative estimate of drug-likeness (QED) is 0.929. The highest BCUT2D eigenvalue weighted by Gasteiger charge is 2.37. The molecule has 1 aliphatic heterocycles. The number of ether oxygens (including phenoxy) is 1. The smallest absolute Gasteiger partial charge is 0.230 e. The summed E-state index contributed by atoms with van der Waals surface area (Å²) in [4.78, 5) is 15.0. The normalized spacial score (nSPS) is 24.8. The summed E-state index contributed by atoms with van der Waals surface area (Å²) in [5.41, 5.74) is 8.05. The summed E-state index contributed by atoms with van der Waals surface area (Å²) in [7, 11) is 1.67. The summed E-state index contributed by atoms with van der Waals surface area (Å²) in [6.45, 7) is 1.41. The van der Waals surface area contributed by atoms with Gasteiger partial charge in [0.15, 0.2) is 0 Å². The van der Waals surface area contributed by atoms with E-state index in [-0.39, 0.29) is 11.8 Å². The van der Waals surface area contributed by atoms with E-state index < -0.39 is 0 Å². The summed E-state index contributed by atoms with van der Waals surface area (Å²) >= 11 is 0. The van der Waals surface area contributed by atoms with Crippen LogP contribution in [0.2, 0.25) is 0 Å². The summed E-state index contributed by atoms with van der Waals surface area (Å²) in [5.74, 6) is 1.49. The van der Waals surface area contributed by atoms with Crippen LogP contribution >= 0.6 is 0 Å². The molecule has 2 aliphatic rings. The van der Waals surface area contributed by atoms with Crippen molar-refractivity contribution in [3.63, 3.8) is 0 Å². The lowest BCUT2D eigenvalue weighted by molar-refractivity contribution is -0.123. The van der Waals surface area contributed by atoms with Crippen LogP contribution in [-0.2, 0) is 11.2 Å². The molecule has 114 valence electrons. The topological polar surface area (TPSA) is 55.6 Å². The van der Waals surface area contributed by atoms with Gasteiger partial charge in [-0.15, -0.1) is 0 Å². The number of benzene rings is 1. The number of nitrogens with zero attached hydrogens (tertiary/aromatic N) is 1. The molecular formula is C17H24N2O2. The number of anilines is 1. The van der Waals surface area contributed by atoms with Crippen molar-refractivity contribution in [3.05, 3.63) is 23.8 Å². The van der Waals surface area contributed by atoms with Gasteiger partial charge in [-0.1, -0.05) is 18.6 Å². The minimum Gasteiger partial charge on any atom is -0.495 e. The van der Waals surface area contributed by atoms with Gasteiger partial charge in [0.05, 0.1) is 12.8 Å². The minimum atomic E-state index is 0.0888. The molecule has 0 radical (unpaired) electrons. The first-order chi connectivity index (χ1) is 10.3. The van der Waals surface area contributed by atoms with Gasteiger partial charge in [-0.25, -0.2) is 0 Å². The molecule has 0 bridgehead atoms. The zero-order valence-corrected chi connectivity index (χ0v) is 12.7. The Hall–Kier alpha value is -1.55. The largest absolute Gasteiger partial charge is 0.495 e. The average molecular weight is 288 g/mol. The number of fused-ring (bicyclic) bond motifs is 1. The number of hydrogen-bond donors (Lipinski definition) is 1. The maximum atomic E-state index is 13.0. The van der Waals surface area contributed by atoms with Gasteiger partial charge in [0.1, 0.15) is 5.75 Å². The van der Waals surface area contributed by atoms with E-state index in [0.29, 0.717) is 12.5 Å². The molecule has 4 nitrogen and oxygen atoms in total. The molecule has 1 aromatic rings. The molecule has 1 heterocycles. The number of nitrogens with two attached hydrogens (primary N) is 1. The second-order valence-electron chi connectivity index (χ2n) is 6.09. The molecule has 2 unspecified atom stereocenters. The van der Waals surface area contributed by atoms with Crippen molar-refractivity contribution in [1.82, 2.24) is 0 Å². The van der Waals surface area contributed by atoms with E-state index in [0.717, 1.165) is 50.1 Å². The van der Waals surface area contributed by atoms with Gasteiger partial charge in [-0.2, -0.15) is 0 Å². The molecule has 3 rings (SSSR count). The first kappa shape index (κ1) is 14.4.